The minimum absolute atomic E-state index is 0.169. The topological polar surface area (TPSA) is 56.5 Å². The first kappa shape index (κ1) is 14.4. The summed E-state index contributed by atoms with van der Waals surface area (Å²) in [7, 11) is 0. The van der Waals surface area contributed by atoms with E-state index in [9.17, 15) is 0 Å². The molecule has 0 aromatic heterocycles. The zero-order chi connectivity index (χ0) is 14.5. The first-order valence-electron chi connectivity index (χ1n) is 7.88. The molecule has 2 aliphatic rings. The second-order valence-corrected chi connectivity index (χ2v) is 5.65. The Bertz CT molecular complexity index is 514. The van der Waals surface area contributed by atoms with Gasteiger partial charge in [0.25, 0.3) is 0 Å². The van der Waals surface area contributed by atoms with E-state index in [0.29, 0.717) is 19.8 Å². The van der Waals surface area contributed by atoms with Gasteiger partial charge in [0.15, 0.2) is 11.5 Å². The molecule has 0 radical (unpaired) electrons. The van der Waals surface area contributed by atoms with E-state index in [2.05, 4.69) is 17.5 Å². The maximum absolute atomic E-state index is 5.93. The van der Waals surface area contributed by atoms with Gasteiger partial charge in [0, 0.05) is 12.6 Å². The zero-order valence-corrected chi connectivity index (χ0v) is 12.4. The number of nitrogens with one attached hydrogen (secondary N) is 1. The summed E-state index contributed by atoms with van der Waals surface area (Å²) in [6.07, 6.45) is 7.33. The van der Waals surface area contributed by atoms with E-state index < -0.39 is 0 Å². The summed E-state index contributed by atoms with van der Waals surface area (Å²) in [5.74, 6) is 1.66. The number of rotatable bonds is 6. The minimum atomic E-state index is 0.169. The third-order valence-electron chi connectivity index (χ3n) is 4.18. The Labute approximate surface area is 126 Å². The van der Waals surface area contributed by atoms with Crippen LogP contribution in [0.15, 0.2) is 29.8 Å². The van der Waals surface area contributed by atoms with Crippen LogP contribution in [0.4, 0.5) is 0 Å². The number of fused-ring (bicyclic) bond motifs is 1. The molecule has 3 rings (SSSR count). The van der Waals surface area contributed by atoms with Gasteiger partial charge in [-0.15, -0.1) is 0 Å². The van der Waals surface area contributed by atoms with E-state index >= 15 is 0 Å². The highest BCUT2D eigenvalue weighted by molar-refractivity contribution is 5.44. The third kappa shape index (κ3) is 3.57. The highest BCUT2D eigenvalue weighted by Gasteiger charge is 2.16. The van der Waals surface area contributed by atoms with Crippen molar-refractivity contribution in [3.05, 3.63) is 35.4 Å². The molecule has 1 aromatic carbocycles. The Kier molecular flexibility index (Phi) is 4.78. The SMILES string of the molecule is NCC(NCCC1=CCCC1)c1ccc2c(c1)OCCO2. The summed E-state index contributed by atoms with van der Waals surface area (Å²) in [6, 6.07) is 6.27. The molecule has 0 saturated carbocycles. The van der Waals surface area contributed by atoms with Gasteiger partial charge in [-0.05, 0) is 49.9 Å². The van der Waals surface area contributed by atoms with Crippen molar-refractivity contribution in [2.75, 3.05) is 26.3 Å². The fourth-order valence-corrected chi connectivity index (χ4v) is 2.99. The standard InChI is InChI=1S/C17H24N2O2/c18-12-15(19-8-7-13-3-1-2-4-13)14-5-6-16-17(11-14)21-10-9-20-16/h3,5-6,11,15,19H,1-2,4,7-10,12,18H2. The molecule has 1 unspecified atom stereocenters. The van der Waals surface area contributed by atoms with Crippen molar-refractivity contribution in [1.29, 1.82) is 0 Å². The van der Waals surface area contributed by atoms with Crippen molar-refractivity contribution in [1.82, 2.24) is 5.32 Å². The Morgan fingerprint density at radius 2 is 2.05 bits per heavy atom. The van der Waals surface area contributed by atoms with Crippen LogP contribution >= 0.6 is 0 Å². The lowest BCUT2D eigenvalue weighted by molar-refractivity contribution is 0.171. The molecule has 0 fully saturated rings. The molecule has 4 heteroatoms. The van der Waals surface area contributed by atoms with Gasteiger partial charge >= 0.3 is 0 Å². The highest BCUT2D eigenvalue weighted by atomic mass is 16.6. The molecule has 1 aromatic rings. The van der Waals surface area contributed by atoms with E-state index in [1.165, 1.54) is 24.8 Å². The van der Waals surface area contributed by atoms with Crippen LogP contribution in [0.5, 0.6) is 11.5 Å². The molecular formula is C17H24N2O2. The third-order valence-corrected chi connectivity index (χ3v) is 4.18. The van der Waals surface area contributed by atoms with Crippen molar-refractivity contribution in [2.45, 2.75) is 31.7 Å². The van der Waals surface area contributed by atoms with E-state index in [4.69, 9.17) is 15.2 Å². The highest BCUT2D eigenvalue weighted by Crippen LogP contribution is 2.32. The maximum atomic E-state index is 5.93. The Balaban J connectivity index is 1.59. The lowest BCUT2D eigenvalue weighted by atomic mass is 10.1. The van der Waals surface area contributed by atoms with Crippen LogP contribution in [0.1, 0.15) is 37.3 Å². The van der Waals surface area contributed by atoms with Crippen LogP contribution in [-0.2, 0) is 0 Å². The molecule has 21 heavy (non-hydrogen) atoms. The number of nitrogens with two attached hydrogens (primary N) is 1. The number of hydrogen-bond donors (Lipinski definition) is 2. The molecule has 3 N–H and O–H groups in total. The molecule has 0 bridgehead atoms. The van der Waals surface area contributed by atoms with E-state index in [1.807, 2.05) is 12.1 Å². The Morgan fingerprint density at radius 1 is 1.19 bits per heavy atom. The van der Waals surface area contributed by atoms with E-state index in [-0.39, 0.29) is 6.04 Å². The van der Waals surface area contributed by atoms with Crippen molar-refractivity contribution in [3.63, 3.8) is 0 Å². The summed E-state index contributed by atoms with van der Waals surface area (Å²) >= 11 is 0. The molecule has 1 aliphatic carbocycles. The van der Waals surface area contributed by atoms with Crippen LogP contribution in [0, 0.1) is 0 Å². The van der Waals surface area contributed by atoms with Crippen LogP contribution in [0.2, 0.25) is 0 Å². The van der Waals surface area contributed by atoms with Gasteiger partial charge in [-0.25, -0.2) is 0 Å². The van der Waals surface area contributed by atoms with Crippen molar-refractivity contribution >= 4 is 0 Å². The lowest BCUT2D eigenvalue weighted by Gasteiger charge is -2.22. The van der Waals surface area contributed by atoms with Crippen molar-refractivity contribution in [3.8, 4) is 11.5 Å². The molecule has 1 aliphatic heterocycles. The quantitative estimate of drug-likeness (QED) is 0.790. The fraction of sp³-hybridized carbons (Fsp3) is 0.529. The zero-order valence-electron chi connectivity index (χ0n) is 12.4. The van der Waals surface area contributed by atoms with Crippen LogP contribution in [0.25, 0.3) is 0 Å². The van der Waals surface area contributed by atoms with Crippen LogP contribution < -0.4 is 20.5 Å². The molecule has 114 valence electrons. The summed E-state index contributed by atoms with van der Waals surface area (Å²) < 4.78 is 11.2. The maximum Gasteiger partial charge on any atom is 0.161 e. The van der Waals surface area contributed by atoms with Crippen LogP contribution in [0.3, 0.4) is 0 Å². The average molecular weight is 288 g/mol. The molecule has 4 nitrogen and oxygen atoms in total. The summed E-state index contributed by atoms with van der Waals surface area (Å²) in [5, 5.41) is 3.56. The van der Waals surface area contributed by atoms with Crippen molar-refractivity contribution in [2.24, 2.45) is 5.73 Å². The second-order valence-electron chi connectivity index (χ2n) is 5.65. The van der Waals surface area contributed by atoms with Gasteiger partial charge in [0.2, 0.25) is 0 Å². The van der Waals surface area contributed by atoms with Gasteiger partial charge < -0.3 is 20.5 Å². The predicted octanol–water partition coefficient (Wildman–Crippen LogP) is 2.55. The minimum Gasteiger partial charge on any atom is -0.486 e. The lowest BCUT2D eigenvalue weighted by Crippen LogP contribution is -2.29. The van der Waals surface area contributed by atoms with Gasteiger partial charge in [0.05, 0.1) is 0 Å². The first-order valence-corrected chi connectivity index (χ1v) is 7.88. The van der Waals surface area contributed by atoms with Gasteiger partial charge in [-0.2, -0.15) is 0 Å². The number of hydrogen-bond acceptors (Lipinski definition) is 4. The molecule has 1 heterocycles. The molecule has 0 saturated heterocycles. The number of allylic oxidation sites excluding steroid dienone is 1. The molecule has 0 amide bonds. The Hall–Kier alpha value is -1.52. The second kappa shape index (κ2) is 6.96. The smallest absolute Gasteiger partial charge is 0.161 e. The first-order chi connectivity index (χ1) is 10.4. The van der Waals surface area contributed by atoms with E-state index in [1.54, 1.807) is 5.57 Å². The van der Waals surface area contributed by atoms with Crippen LogP contribution in [-0.4, -0.2) is 26.3 Å². The van der Waals surface area contributed by atoms with Gasteiger partial charge in [0.1, 0.15) is 13.2 Å². The largest absolute Gasteiger partial charge is 0.486 e. The van der Waals surface area contributed by atoms with E-state index in [0.717, 1.165) is 24.5 Å². The predicted molar refractivity (Wildman–Crippen MR) is 83.8 cm³/mol. The summed E-state index contributed by atoms with van der Waals surface area (Å²) in [6.45, 7) is 2.80. The average Bonchev–Trinajstić information content (AvgIpc) is 3.04. The summed E-state index contributed by atoms with van der Waals surface area (Å²) in [4.78, 5) is 0. The molecule has 0 spiro atoms. The summed E-state index contributed by atoms with van der Waals surface area (Å²) in [5.41, 5.74) is 8.68. The number of benzene rings is 1. The van der Waals surface area contributed by atoms with Gasteiger partial charge in [-0.1, -0.05) is 17.7 Å². The molecular weight excluding hydrogens is 264 g/mol. The number of ether oxygens (including phenoxy) is 2. The monoisotopic (exact) mass is 288 g/mol. The fourth-order valence-electron chi connectivity index (χ4n) is 2.99. The molecule has 1 atom stereocenters. The Morgan fingerprint density at radius 3 is 2.81 bits per heavy atom. The van der Waals surface area contributed by atoms with Crippen molar-refractivity contribution < 1.29 is 9.47 Å². The van der Waals surface area contributed by atoms with Gasteiger partial charge in [-0.3, -0.25) is 0 Å². The normalized spacial score (nSPS) is 18.4.